The normalized spacial score (nSPS) is 21.5. The van der Waals surface area contributed by atoms with Gasteiger partial charge in [-0.3, -0.25) is 0 Å². The lowest BCUT2D eigenvalue weighted by Gasteiger charge is -2.35. The maximum Gasteiger partial charge on any atom is 0.375 e. The van der Waals surface area contributed by atoms with Gasteiger partial charge in [-0.2, -0.15) is 0 Å². The molecule has 0 aliphatic heterocycles. The van der Waals surface area contributed by atoms with Crippen molar-refractivity contribution in [1.82, 2.24) is 0 Å². The monoisotopic (exact) mass is 554 g/mol. The summed E-state index contributed by atoms with van der Waals surface area (Å²) in [6, 6.07) is 3.94. The Labute approximate surface area is 225 Å². The van der Waals surface area contributed by atoms with Crippen molar-refractivity contribution in [3.63, 3.8) is 0 Å². The van der Waals surface area contributed by atoms with Gasteiger partial charge < -0.3 is 18.1 Å². The SMILES string of the molecule is C=C(C)C1CCC(C)=CC1c1c(OP(C)(=O)OC)cc(C(C)(C)CCCCCC)cc1OP(C)(=O)OC. The molecule has 0 amide bonds. The lowest BCUT2D eigenvalue weighted by molar-refractivity contribution is 0.318. The molecule has 0 spiro atoms. The standard InChI is InChI=1S/C29H48O6P2/c1-11-12-13-14-17-29(5,6)23-19-26(34-36(9,30)32-7)28(27(20-23)35-37(10,31)33-8)25-18-22(4)15-16-24(25)21(2)3/h18-20,24-25H,2,11-17H2,1,3-10H3. The number of allylic oxidation sites excluding steroid dienone is 3. The summed E-state index contributed by atoms with van der Waals surface area (Å²) in [5.41, 5.74) is 3.75. The first-order chi connectivity index (χ1) is 17.2. The Morgan fingerprint density at radius 3 is 2.03 bits per heavy atom. The third kappa shape index (κ3) is 8.85. The van der Waals surface area contributed by atoms with E-state index in [1.165, 1.54) is 52.4 Å². The molecule has 4 unspecified atom stereocenters. The number of rotatable bonds is 14. The molecule has 0 radical (unpaired) electrons. The van der Waals surface area contributed by atoms with Gasteiger partial charge in [-0.1, -0.05) is 70.3 Å². The van der Waals surface area contributed by atoms with Crippen LogP contribution in [0.25, 0.3) is 0 Å². The molecule has 37 heavy (non-hydrogen) atoms. The van der Waals surface area contributed by atoms with Crippen LogP contribution in [0.15, 0.2) is 35.9 Å². The molecule has 4 atom stereocenters. The highest BCUT2D eigenvalue weighted by molar-refractivity contribution is 7.53. The second-order valence-corrected chi connectivity index (χ2v) is 15.4. The van der Waals surface area contributed by atoms with Crippen LogP contribution in [0.4, 0.5) is 0 Å². The van der Waals surface area contributed by atoms with Gasteiger partial charge in [0.05, 0.1) is 0 Å². The summed E-state index contributed by atoms with van der Waals surface area (Å²) in [7, 11) is -4.06. The van der Waals surface area contributed by atoms with Gasteiger partial charge in [-0.05, 0) is 62.1 Å². The highest BCUT2D eigenvalue weighted by atomic mass is 31.2. The van der Waals surface area contributed by atoms with Crippen molar-refractivity contribution in [1.29, 1.82) is 0 Å². The predicted octanol–water partition coefficient (Wildman–Crippen LogP) is 9.65. The van der Waals surface area contributed by atoms with Crippen LogP contribution in [0.2, 0.25) is 0 Å². The van der Waals surface area contributed by atoms with Gasteiger partial charge in [0, 0.05) is 39.0 Å². The molecule has 210 valence electrons. The maximum atomic E-state index is 13.1. The fourth-order valence-electron chi connectivity index (χ4n) is 4.95. The van der Waals surface area contributed by atoms with Crippen molar-refractivity contribution < 1.29 is 27.2 Å². The smallest absolute Gasteiger partial charge is 0.375 e. The van der Waals surface area contributed by atoms with Gasteiger partial charge in [-0.15, -0.1) is 0 Å². The Morgan fingerprint density at radius 2 is 1.57 bits per heavy atom. The summed E-state index contributed by atoms with van der Waals surface area (Å²) in [6.45, 7) is 17.9. The Hall–Kier alpha value is -1.32. The van der Waals surface area contributed by atoms with Crippen LogP contribution < -0.4 is 9.05 Å². The third-order valence-electron chi connectivity index (χ3n) is 7.45. The summed E-state index contributed by atoms with van der Waals surface area (Å²) in [5.74, 6) is 0.839. The van der Waals surface area contributed by atoms with Crippen molar-refractivity contribution in [3.8, 4) is 11.5 Å². The first kappa shape index (κ1) is 31.9. The zero-order chi connectivity index (χ0) is 28.0. The lowest BCUT2D eigenvalue weighted by atomic mass is 9.72. The number of hydrogen-bond acceptors (Lipinski definition) is 6. The van der Waals surface area contributed by atoms with E-state index in [0.29, 0.717) is 17.1 Å². The topological polar surface area (TPSA) is 71.1 Å². The number of benzene rings is 1. The molecule has 6 nitrogen and oxygen atoms in total. The molecule has 1 aliphatic rings. The molecule has 1 aromatic rings. The largest absolute Gasteiger partial charge is 0.424 e. The molecule has 0 heterocycles. The highest BCUT2D eigenvalue weighted by Gasteiger charge is 2.36. The van der Waals surface area contributed by atoms with E-state index in [2.05, 4.69) is 40.3 Å². The van der Waals surface area contributed by atoms with Crippen molar-refractivity contribution in [2.75, 3.05) is 27.5 Å². The Kier molecular flexibility index (Phi) is 11.3. The van der Waals surface area contributed by atoms with Crippen LogP contribution in [-0.2, 0) is 23.6 Å². The van der Waals surface area contributed by atoms with E-state index in [1.807, 2.05) is 19.1 Å². The van der Waals surface area contributed by atoms with Gasteiger partial charge in [0.1, 0.15) is 11.5 Å². The lowest BCUT2D eigenvalue weighted by Crippen LogP contribution is -2.21. The number of hydrogen-bond donors (Lipinski definition) is 0. The average Bonchev–Trinajstić information content (AvgIpc) is 2.81. The molecule has 1 aliphatic carbocycles. The zero-order valence-electron chi connectivity index (χ0n) is 24.4. The van der Waals surface area contributed by atoms with E-state index < -0.39 is 15.2 Å². The van der Waals surface area contributed by atoms with E-state index in [9.17, 15) is 9.13 Å². The minimum absolute atomic E-state index is 0.124. The summed E-state index contributed by atoms with van der Waals surface area (Å²) in [5, 5.41) is 0. The van der Waals surface area contributed by atoms with Crippen molar-refractivity contribution in [2.45, 2.75) is 90.9 Å². The van der Waals surface area contributed by atoms with Crippen molar-refractivity contribution in [2.24, 2.45) is 5.92 Å². The van der Waals surface area contributed by atoms with Crippen LogP contribution in [0.3, 0.4) is 0 Å². The van der Waals surface area contributed by atoms with Crippen molar-refractivity contribution >= 4 is 15.2 Å². The van der Waals surface area contributed by atoms with E-state index in [-0.39, 0.29) is 17.3 Å². The van der Waals surface area contributed by atoms with Crippen molar-refractivity contribution in [3.05, 3.63) is 47.1 Å². The first-order valence-electron chi connectivity index (χ1n) is 13.3. The molecule has 0 saturated heterocycles. The predicted molar refractivity (Wildman–Crippen MR) is 155 cm³/mol. The van der Waals surface area contributed by atoms with Crippen LogP contribution in [0, 0.1) is 5.92 Å². The molecule has 0 N–H and O–H groups in total. The second kappa shape index (κ2) is 13.2. The van der Waals surface area contributed by atoms with Crippen LogP contribution in [0.1, 0.15) is 96.6 Å². The van der Waals surface area contributed by atoms with E-state index in [0.717, 1.165) is 36.8 Å². The minimum atomic E-state index is -3.41. The highest BCUT2D eigenvalue weighted by Crippen LogP contribution is 2.55. The van der Waals surface area contributed by atoms with E-state index >= 15 is 0 Å². The molecule has 8 heteroatoms. The molecule has 1 aromatic carbocycles. The Balaban J connectivity index is 2.82. The third-order valence-corrected chi connectivity index (χ3v) is 9.83. The molecule has 0 saturated carbocycles. The van der Waals surface area contributed by atoms with Crippen LogP contribution in [0.5, 0.6) is 11.5 Å². The van der Waals surface area contributed by atoms with Crippen LogP contribution in [-0.4, -0.2) is 27.5 Å². The fraction of sp³-hybridized carbons (Fsp3) is 0.655. The molecule has 0 fully saturated rings. The molecular weight excluding hydrogens is 506 g/mol. The van der Waals surface area contributed by atoms with Gasteiger partial charge in [0.25, 0.3) is 0 Å². The molecular formula is C29H48O6P2. The maximum absolute atomic E-state index is 13.1. The minimum Gasteiger partial charge on any atom is -0.424 e. The van der Waals surface area contributed by atoms with Gasteiger partial charge in [-0.25, -0.2) is 9.13 Å². The van der Waals surface area contributed by atoms with E-state index in [1.54, 1.807) is 0 Å². The Bertz CT molecular complexity index is 1030. The second-order valence-electron chi connectivity index (χ2n) is 11.2. The van der Waals surface area contributed by atoms with Crippen LogP contribution >= 0.6 is 15.2 Å². The first-order valence-corrected chi connectivity index (χ1v) is 17.3. The average molecular weight is 555 g/mol. The molecule has 2 rings (SSSR count). The summed E-state index contributed by atoms with van der Waals surface area (Å²) < 4.78 is 49.0. The fourth-order valence-corrected chi connectivity index (χ4v) is 6.11. The Morgan fingerprint density at radius 1 is 1.03 bits per heavy atom. The summed E-state index contributed by atoms with van der Waals surface area (Å²) in [6.07, 6.45) is 9.69. The quantitative estimate of drug-likeness (QED) is 0.130. The molecule has 0 aromatic heterocycles. The van der Waals surface area contributed by atoms with E-state index in [4.69, 9.17) is 18.1 Å². The van der Waals surface area contributed by atoms with Gasteiger partial charge in [0.2, 0.25) is 0 Å². The number of unbranched alkanes of at least 4 members (excludes halogenated alkanes) is 3. The summed E-state index contributed by atoms with van der Waals surface area (Å²) in [4.78, 5) is 0. The summed E-state index contributed by atoms with van der Waals surface area (Å²) >= 11 is 0. The van der Waals surface area contributed by atoms with Gasteiger partial charge >= 0.3 is 15.2 Å². The zero-order valence-corrected chi connectivity index (χ0v) is 26.2. The van der Waals surface area contributed by atoms with Gasteiger partial charge in [0.15, 0.2) is 0 Å². The molecule has 0 bridgehead atoms.